The predicted molar refractivity (Wildman–Crippen MR) is 90.7 cm³/mol. The Kier molecular flexibility index (Phi) is 4.99. The van der Waals surface area contributed by atoms with Crippen LogP contribution in [0.5, 0.6) is 0 Å². The van der Waals surface area contributed by atoms with Gasteiger partial charge in [0.25, 0.3) is 0 Å². The molecule has 1 atom stereocenters. The van der Waals surface area contributed by atoms with E-state index in [1.807, 2.05) is 30.3 Å². The van der Waals surface area contributed by atoms with Crippen molar-refractivity contribution >= 4 is 12.1 Å². The van der Waals surface area contributed by atoms with Crippen molar-refractivity contribution in [3.63, 3.8) is 0 Å². The van der Waals surface area contributed by atoms with E-state index in [0.29, 0.717) is 32.2 Å². The standard InChI is InChI=1S/C19H25NO5/c1-24-16(21)18(9-5-10-18)19(23)11-6-12-20(14-19)17(22)25-13-15-7-3-2-4-8-15/h2-4,7-8,23H,5-6,9-14H2,1H3. The number of nitrogens with zero attached hydrogens (tertiary/aromatic N) is 1. The highest BCUT2D eigenvalue weighted by molar-refractivity contribution is 5.80. The first-order valence-electron chi connectivity index (χ1n) is 8.77. The number of β-amino-alcohol motifs (C(OH)–C–C–N with tert-alkyl or cyclic N) is 1. The number of benzene rings is 1. The Labute approximate surface area is 147 Å². The third-order valence-electron chi connectivity index (χ3n) is 5.61. The van der Waals surface area contributed by atoms with Crippen LogP contribution in [0.1, 0.15) is 37.7 Å². The second kappa shape index (κ2) is 7.04. The molecule has 136 valence electrons. The number of ether oxygens (including phenoxy) is 2. The van der Waals surface area contributed by atoms with Crippen LogP contribution < -0.4 is 0 Å². The van der Waals surface area contributed by atoms with E-state index in [-0.39, 0.29) is 19.1 Å². The molecule has 0 aromatic heterocycles. The highest BCUT2D eigenvalue weighted by Gasteiger charge is 2.61. The lowest BCUT2D eigenvalue weighted by atomic mass is 9.56. The Morgan fingerprint density at radius 3 is 2.48 bits per heavy atom. The second-order valence-corrected chi connectivity index (χ2v) is 7.02. The van der Waals surface area contributed by atoms with Gasteiger partial charge in [0, 0.05) is 6.54 Å². The van der Waals surface area contributed by atoms with E-state index in [1.54, 1.807) is 0 Å². The van der Waals surface area contributed by atoms with Crippen LogP contribution in [0, 0.1) is 5.41 Å². The zero-order valence-corrected chi connectivity index (χ0v) is 14.6. The van der Waals surface area contributed by atoms with Crippen LogP contribution in [-0.4, -0.2) is 47.9 Å². The summed E-state index contributed by atoms with van der Waals surface area (Å²) in [6.45, 7) is 0.819. The molecule has 2 fully saturated rings. The zero-order valence-electron chi connectivity index (χ0n) is 14.6. The summed E-state index contributed by atoms with van der Waals surface area (Å²) in [6.07, 6.45) is 2.75. The minimum atomic E-state index is -1.25. The van der Waals surface area contributed by atoms with Crippen molar-refractivity contribution in [1.29, 1.82) is 0 Å². The molecular formula is C19H25NO5. The molecule has 1 saturated heterocycles. The number of amides is 1. The molecule has 1 aliphatic heterocycles. The minimum absolute atomic E-state index is 0.107. The van der Waals surface area contributed by atoms with E-state index in [4.69, 9.17) is 9.47 Å². The average molecular weight is 347 g/mol. The number of aliphatic hydroxyl groups is 1. The fourth-order valence-electron chi connectivity index (χ4n) is 3.98. The normalized spacial score (nSPS) is 25.0. The maximum atomic E-state index is 12.4. The number of carbonyl (C=O) groups excluding carboxylic acids is 2. The van der Waals surface area contributed by atoms with Crippen LogP contribution in [0.4, 0.5) is 4.79 Å². The Morgan fingerprint density at radius 1 is 1.16 bits per heavy atom. The molecule has 2 aliphatic rings. The van der Waals surface area contributed by atoms with E-state index in [0.717, 1.165) is 12.0 Å². The summed E-state index contributed by atoms with van der Waals surface area (Å²) in [6, 6.07) is 9.46. The van der Waals surface area contributed by atoms with Crippen molar-refractivity contribution in [1.82, 2.24) is 4.90 Å². The number of piperidine rings is 1. The van der Waals surface area contributed by atoms with Crippen molar-refractivity contribution in [2.24, 2.45) is 5.41 Å². The quantitative estimate of drug-likeness (QED) is 0.847. The molecule has 0 radical (unpaired) electrons. The molecular weight excluding hydrogens is 322 g/mol. The van der Waals surface area contributed by atoms with E-state index in [1.165, 1.54) is 12.0 Å². The van der Waals surface area contributed by atoms with Gasteiger partial charge in [-0.25, -0.2) is 4.79 Å². The van der Waals surface area contributed by atoms with Gasteiger partial charge in [0.15, 0.2) is 0 Å². The van der Waals surface area contributed by atoms with Crippen molar-refractivity contribution in [2.45, 2.75) is 44.3 Å². The molecule has 1 amide bonds. The lowest BCUT2D eigenvalue weighted by Gasteiger charge is -2.53. The molecule has 1 saturated carbocycles. The van der Waals surface area contributed by atoms with Crippen LogP contribution in [0.3, 0.4) is 0 Å². The third kappa shape index (κ3) is 3.23. The molecule has 1 aliphatic carbocycles. The molecule has 3 rings (SSSR count). The smallest absolute Gasteiger partial charge is 0.410 e. The Morgan fingerprint density at radius 2 is 1.88 bits per heavy atom. The van der Waals surface area contributed by atoms with Gasteiger partial charge in [0.2, 0.25) is 0 Å². The number of likely N-dealkylation sites (tertiary alicyclic amines) is 1. The van der Waals surface area contributed by atoms with Gasteiger partial charge in [0.1, 0.15) is 6.61 Å². The average Bonchev–Trinajstić information content (AvgIpc) is 2.59. The van der Waals surface area contributed by atoms with Crippen LogP contribution >= 0.6 is 0 Å². The fraction of sp³-hybridized carbons (Fsp3) is 0.579. The van der Waals surface area contributed by atoms with E-state index < -0.39 is 17.1 Å². The first-order chi connectivity index (χ1) is 12.0. The van der Waals surface area contributed by atoms with Gasteiger partial charge in [-0.15, -0.1) is 0 Å². The first-order valence-corrected chi connectivity index (χ1v) is 8.77. The highest BCUT2D eigenvalue weighted by Crippen LogP contribution is 2.53. The summed E-state index contributed by atoms with van der Waals surface area (Å²) in [7, 11) is 1.35. The molecule has 1 N–H and O–H groups in total. The van der Waals surface area contributed by atoms with Gasteiger partial charge >= 0.3 is 12.1 Å². The first kappa shape index (κ1) is 17.7. The minimum Gasteiger partial charge on any atom is -0.469 e. The zero-order chi connectivity index (χ0) is 17.9. The SMILES string of the molecule is COC(=O)C1(C2(O)CCCN(C(=O)OCc3ccccc3)C2)CCC1. The molecule has 1 aromatic rings. The number of methoxy groups -OCH3 is 1. The summed E-state index contributed by atoms with van der Waals surface area (Å²) >= 11 is 0. The van der Waals surface area contributed by atoms with Gasteiger partial charge in [0.05, 0.1) is 24.7 Å². The number of rotatable bonds is 4. The molecule has 6 heteroatoms. The van der Waals surface area contributed by atoms with E-state index in [2.05, 4.69) is 0 Å². The Bertz CT molecular complexity index is 628. The van der Waals surface area contributed by atoms with Gasteiger partial charge in [-0.2, -0.15) is 0 Å². The highest BCUT2D eigenvalue weighted by atomic mass is 16.6. The Hall–Kier alpha value is -2.08. The van der Waals surface area contributed by atoms with Crippen molar-refractivity contribution in [3.8, 4) is 0 Å². The van der Waals surface area contributed by atoms with E-state index in [9.17, 15) is 14.7 Å². The summed E-state index contributed by atoms with van der Waals surface area (Å²) in [5.74, 6) is -0.374. The predicted octanol–water partition coefficient (Wildman–Crippen LogP) is 2.49. The van der Waals surface area contributed by atoms with Gasteiger partial charge in [-0.3, -0.25) is 4.79 Å². The summed E-state index contributed by atoms with van der Waals surface area (Å²) in [5, 5.41) is 11.2. The maximum absolute atomic E-state index is 12.4. The van der Waals surface area contributed by atoms with Crippen LogP contribution in [0.2, 0.25) is 0 Å². The Balaban J connectivity index is 1.66. The van der Waals surface area contributed by atoms with Crippen molar-refractivity contribution < 1.29 is 24.2 Å². The number of hydrogen-bond acceptors (Lipinski definition) is 5. The van der Waals surface area contributed by atoms with Crippen LogP contribution in [0.15, 0.2) is 30.3 Å². The monoisotopic (exact) mass is 347 g/mol. The molecule has 6 nitrogen and oxygen atoms in total. The van der Waals surface area contributed by atoms with Crippen LogP contribution in [-0.2, 0) is 20.9 Å². The summed E-state index contributed by atoms with van der Waals surface area (Å²) in [5.41, 5.74) is -1.23. The number of carbonyl (C=O) groups is 2. The molecule has 1 unspecified atom stereocenters. The number of hydrogen-bond donors (Lipinski definition) is 1. The summed E-state index contributed by atoms with van der Waals surface area (Å²) < 4.78 is 10.3. The van der Waals surface area contributed by atoms with Gasteiger partial charge in [-0.05, 0) is 31.2 Å². The number of esters is 1. The topological polar surface area (TPSA) is 76.1 Å². The van der Waals surface area contributed by atoms with Crippen molar-refractivity contribution in [3.05, 3.63) is 35.9 Å². The largest absolute Gasteiger partial charge is 0.469 e. The van der Waals surface area contributed by atoms with Crippen molar-refractivity contribution in [2.75, 3.05) is 20.2 Å². The maximum Gasteiger partial charge on any atom is 0.410 e. The van der Waals surface area contributed by atoms with Gasteiger partial charge < -0.3 is 19.5 Å². The fourth-order valence-corrected chi connectivity index (χ4v) is 3.98. The van der Waals surface area contributed by atoms with E-state index >= 15 is 0 Å². The second-order valence-electron chi connectivity index (χ2n) is 7.02. The summed E-state index contributed by atoms with van der Waals surface area (Å²) in [4.78, 5) is 26.2. The molecule has 1 heterocycles. The lowest BCUT2D eigenvalue weighted by Crippen LogP contribution is -2.64. The molecule has 1 aromatic carbocycles. The molecule has 0 bridgehead atoms. The third-order valence-corrected chi connectivity index (χ3v) is 5.61. The lowest BCUT2D eigenvalue weighted by molar-refractivity contribution is -0.197. The van der Waals surface area contributed by atoms with Gasteiger partial charge in [-0.1, -0.05) is 36.8 Å². The molecule has 0 spiro atoms. The molecule has 25 heavy (non-hydrogen) atoms. The van der Waals surface area contributed by atoms with Crippen LogP contribution in [0.25, 0.3) is 0 Å².